The minimum absolute atomic E-state index is 0.225. The summed E-state index contributed by atoms with van der Waals surface area (Å²) in [4.78, 5) is 31.8. The van der Waals surface area contributed by atoms with E-state index in [1.165, 1.54) is 4.90 Å². The number of rotatable bonds is 5. The summed E-state index contributed by atoms with van der Waals surface area (Å²) in [6.07, 6.45) is 0. The molecule has 0 unspecified atom stereocenters. The fourth-order valence-corrected chi connectivity index (χ4v) is 4.39. The number of carbonyl (C=O) groups excluding carboxylic acids is 2. The molecule has 2 heterocycles. The summed E-state index contributed by atoms with van der Waals surface area (Å²) in [5.41, 5.74) is 2.84. The lowest BCUT2D eigenvalue weighted by Crippen LogP contribution is -2.44. The molecule has 0 aliphatic carbocycles. The Kier molecular flexibility index (Phi) is 6.23. The number of nitrogens with one attached hydrogen (secondary N) is 1. The zero-order chi connectivity index (χ0) is 22.1. The smallest absolute Gasteiger partial charge is 0.278 e. The Labute approximate surface area is 192 Å². The first-order chi connectivity index (χ1) is 14.9. The Hall–Kier alpha value is -2.54. The van der Waals surface area contributed by atoms with Gasteiger partial charge in [-0.3, -0.25) is 14.5 Å². The van der Waals surface area contributed by atoms with Crippen LogP contribution in [0.2, 0.25) is 10.0 Å². The van der Waals surface area contributed by atoms with Crippen molar-refractivity contribution in [1.29, 1.82) is 0 Å². The molecule has 4 rings (SSSR count). The first kappa shape index (κ1) is 21.7. The van der Waals surface area contributed by atoms with E-state index < -0.39 is 0 Å². The molecule has 0 atom stereocenters. The normalized spacial score (nSPS) is 17.7. The van der Waals surface area contributed by atoms with E-state index in [0.29, 0.717) is 15.6 Å². The van der Waals surface area contributed by atoms with Gasteiger partial charge in [-0.05, 0) is 50.4 Å². The number of benzene rings is 2. The molecule has 1 fully saturated rings. The third-order valence-corrected chi connectivity index (χ3v) is 6.24. The Morgan fingerprint density at radius 1 is 0.935 bits per heavy atom. The summed E-state index contributed by atoms with van der Waals surface area (Å²) < 4.78 is 0. The molecule has 162 valence electrons. The zero-order valence-corrected chi connectivity index (χ0v) is 19.0. The van der Waals surface area contributed by atoms with Crippen LogP contribution in [0.5, 0.6) is 0 Å². The van der Waals surface area contributed by atoms with Crippen molar-refractivity contribution < 1.29 is 9.59 Å². The molecule has 0 aromatic heterocycles. The van der Waals surface area contributed by atoms with E-state index in [1.54, 1.807) is 25.1 Å². The number of halogens is 2. The van der Waals surface area contributed by atoms with Gasteiger partial charge in [0.05, 0.1) is 10.6 Å². The monoisotopic (exact) mass is 458 g/mol. The van der Waals surface area contributed by atoms with Gasteiger partial charge in [-0.1, -0.05) is 29.3 Å². The van der Waals surface area contributed by atoms with Crippen LogP contribution in [0.3, 0.4) is 0 Å². The van der Waals surface area contributed by atoms with Gasteiger partial charge in [0, 0.05) is 54.7 Å². The van der Waals surface area contributed by atoms with E-state index in [-0.39, 0.29) is 29.6 Å². The fraction of sp³-hybridized carbons (Fsp3) is 0.304. The van der Waals surface area contributed by atoms with Crippen LogP contribution in [-0.4, -0.2) is 61.4 Å². The minimum Gasteiger partial charge on any atom is -0.369 e. The molecule has 8 heteroatoms. The highest BCUT2D eigenvalue weighted by molar-refractivity contribution is 6.41. The number of anilines is 2. The number of piperazine rings is 1. The summed E-state index contributed by atoms with van der Waals surface area (Å²) >= 11 is 12.4. The van der Waals surface area contributed by atoms with E-state index in [2.05, 4.69) is 22.2 Å². The summed E-state index contributed by atoms with van der Waals surface area (Å²) in [7, 11) is 2.13. The lowest BCUT2D eigenvalue weighted by molar-refractivity contribution is -0.136. The zero-order valence-electron chi connectivity index (χ0n) is 17.5. The van der Waals surface area contributed by atoms with Crippen molar-refractivity contribution in [2.45, 2.75) is 6.92 Å². The summed E-state index contributed by atoms with van der Waals surface area (Å²) in [6, 6.07) is 12.8. The first-order valence-electron chi connectivity index (χ1n) is 10.3. The Balaban J connectivity index is 1.64. The van der Waals surface area contributed by atoms with E-state index >= 15 is 0 Å². The van der Waals surface area contributed by atoms with E-state index in [0.717, 1.165) is 37.6 Å². The number of hydrogen-bond donors (Lipinski definition) is 1. The van der Waals surface area contributed by atoms with Crippen molar-refractivity contribution in [3.05, 3.63) is 63.8 Å². The van der Waals surface area contributed by atoms with Crippen LogP contribution in [0, 0.1) is 0 Å². The maximum Gasteiger partial charge on any atom is 0.278 e. The van der Waals surface area contributed by atoms with Gasteiger partial charge in [0.25, 0.3) is 11.8 Å². The molecule has 1 N–H and O–H groups in total. The van der Waals surface area contributed by atoms with Gasteiger partial charge >= 0.3 is 0 Å². The van der Waals surface area contributed by atoms with Crippen molar-refractivity contribution in [3.63, 3.8) is 0 Å². The van der Waals surface area contributed by atoms with Gasteiger partial charge in [-0.2, -0.15) is 0 Å². The van der Waals surface area contributed by atoms with Gasteiger partial charge in [-0.15, -0.1) is 0 Å². The summed E-state index contributed by atoms with van der Waals surface area (Å²) in [5.74, 6) is -0.732. The molecule has 1 saturated heterocycles. The largest absolute Gasteiger partial charge is 0.369 e. The molecule has 0 spiro atoms. The van der Waals surface area contributed by atoms with Crippen LogP contribution in [0.4, 0.5) is 11.4 Å². The predicted molar refractivity (Wildman–Crippen MR) is 126 cm³/mol. The minimum atomic E-state index is -0.367. The first-order valence-corrected chi connectivity index (χ1v) is 11.0. The lowest BCUT2D eigenvalue weighted by Gasteiger charge is -2.34. The highest BCUT2D eigenvalue weighted by Crippen LogP contribution is 2.35. The second-order valence-electron chi connectivity index (χ2n) is 7.69. The molecule has 0 bridgehead atoms. The van der Waals surface area contributed by atoms with Gasteiger partial charge < -0.3 is 15.1 Å². The Morgan fingerprint density at radius 3 is 2.23 bits per heavy atom. The number of imide groups is 1. The molecule has 31 heavy (non-hydrogen) atoms. The number of likely N-dealkylation sites (N-methyl/N-ethyl adjacent to an activating group) is 2. The average Bonchev–Trinajstić information content (AvgIpc) is 2.98. The fourth-order valence-electron chi connectivity index (χ4n) is 3.89. The molecule has 0 radical (unpaired) electrons. The highest BCUT2D eigenvalue weighted by atomic mass is 35.5. The standard InChI is InChI=1S/C23H24Cl2N4O2/c1-3-29-22(30)20(18-9-4-15(24)14-19(18)25)21(23(29)31)26-16-5-7-17(8-6-16)28-12-10-27(2)11-13-28/h4-9,14,26H,3,10-13H2,1-2H3. The summed E-state index contributed by atoms with van der Waals surface area (Å²) in [5, 5.41) is 3.95. The van der Waals surface area contributed by atoms with Gasteiger partial charge in [0.1, 0.15) is 5.70 Å². The second-order valence-corrected chi connectivity index (χ2v) is 8.53. The molecule has 2 aromatic carbocycles. The molecule has 2 aliphatic heterocycles. The molecule has 2 aromatic rings. The van der Waals surface area contributed by atoms with Gasteiger partial charge in [-0.25, -0.2) is 0 Å². The SMILES string of the molecule is CCN1C(=O)C(Nc2ccc(N3CCN(C)CC3)cc2)=C(c2ccc(Cl)cc2Cl)C1=O. The topological polar surface area (TPSA) is 55.9 Å². The van der Waals surface area contributed by atoms with Crippen LogP contribution < -0.4 is 10.2 Å². The van der Waals surface area contributed by atoms with Crippen molar-refractivity contribution in [1.82, 2.24) is 9.80 Å². The number of nitrogens with zero attached hydrogens (tertiary/aromatic N) is 3. The highest BCUT2D eigenvalue weighted by Gasteiger charge is 2.39. The molecule has 6 nitrogen and oxygen atoms in total. The van der Waals surface area contributed by atoms with E-state index in [4.69, 9.17) is 23.2 Å². The van der Waals surface area contributed by atoms with Crippen molar-refractivity contribution in [2.24, 2.45) is 0 Å². The van der Waals surface area contributed by atoms with Crippen molar-refractivity contribution in [3.8, 4) is 0 Å². The van der Waals surface area contributed by atoms with E-state index in [9.17, 15) is 9.59 Å². The second kappa shape index (κ2) is 8.91. The van der Waals surface area contributed by atoms with Gasteiger partial charge in [0.15, 0.2) is 0 Å². The molecule has 2 amide bonds. The number of hydrogen-bond acceptors (Lipinski definition) is 5. The maximum absolute atomic E-state index is 13.0. The predicted octanol–water partition coefficient (Wildman–Crippen LogP) is 3.96. The van der Waals surface area contributed by atoms with Crippen LogP contribution in [0.1, 0.15) is 12.5 Å². The maximum atomic E-state index is 13.0. The van der Waals surface area contributed by atoms with Crippen LogP contribution in [-0.2, 0) is 9.59 Å². The Morgan fingerprint density at radius 2 is 1.61 bits per heavy atom. The Bertz CT molecular complexity index is 1040. The molecular formula is C23H24Cl2N4O2. The molecule has 2 aliphatic rings. The molecular weight excluding hydrogens is 435 g/mol. The van der Waals surface area contributed by atoms with E-state index in [1.807, 2.05) is 24.3 Å². The molecule has 0 saturated carbocycles. The third kappa shape index (κ3) is 4.28. The quantitative estimate of drug-likeness (QED) is 0.687. The van der Waals surface area contributed by atoms with Gasteiger partial charge in [0.2, 0.25) is 0 Å². The number of carbonyl (C=O) groups is 2. The average molecular weight is 459 g/mol. The van der Waals surface area contributed by atoms with Crippen molar-refractivity contribution in [2.75, 3.05) is 50.0 Å². The van der Waals surface area contributed by atoms with Crippen LogP contribution >= 0.6 is 23.2 Å². The van der Waals surface area contributed by atoms with Crippen molar-refractivity contribution >= 4 is 52.0 Å². The third-order valence-electron chi connectivity index (χ3n) is 5.69. The van der Waals surface area contributed by atoms with Crippen LogP contribution in [0.25, 0.3) is 5.57 Å². The lowest BCUT2D eigenvalue weighted by atomic mass is 10.0. The summed E-state index contributed by atoms with van der Waals surface area (Å²) in [6.45, 7) is 6.06. The number of amides is 2. The van der Waals surface area contributed by atoms with Crippen LogP contribution in [0.15, 0.2) is 48.2 Å².